The summed E-state index contributed by atoms with van der Waals surface area (Å²) in [4.78, 5) is 14.5. The quantitative estimate of drug-likeness (QED) is 0.800. The number of nitrogens with zero attached hydrogens (tertiary/aromatic N) is 1. The van der Waals surface area contributed by atoms with Gasteiger partial charge in [0.15, 0.2) is 9.84 Å². The predicted octanol–water partition coefficient (Wildman–Crippen LogP) is 3.79. The molecular weight excluding hydrogens is 346 g/mol. The van der Waals surface area contributed by atoms with Crippen molar-refractivity contribution in [1.82, 2.24) is 4.90 Å². The molecule has 0 bridgehead atoms. The van der Waals surface area contributed by atoms with Crippen LogP contribution in [0.1, 0.15) is 59.1 Å². The van der Waals surface area contributed by atoms with E-state index in [4.69, 9.17) is 0 Å². The number of benzene rings is 1. The summed E-state index contributed by atoms with van der Waals surface area (Å²) in [5.74, 6) is 0.489. The zero-order chi connectivity index (χ0) is 19.7. The second kappa shape index (κ2) is 7.71. The van der Waals surface area contributed by atoms with Gasteiger partial charge in [-0.15, -0.1) is 0 Å². The molecule has 0 aromatic heterocycles. The Morgan fingerprint density at radius 1 is 1.12 bits per heavy atom. The largest absolute Gasteiger partial charge is 0.341 e. The molecule has 0 unspecified atom stereocenters. The normalized spacial score (nSPS) is 22.9. The van der Waals surface area contributed by atoms with Gasteiger partial charge in [0.05, 0.1) is 5.75 Å². The van der Waals surface area contributed by atoms with Crippen LogP contribution in [0.4, 0.5) is 0 Å². The van der Waals surface area contributed by atoms with Crippen LogP contribution in [0.25, 0.3) is 0 Å². The highest BCUT2D eigenvalue weighted by atomic mass is 32.2. The van der Waals surface area contributed by atoms with Gasteiger partial charge in [0.1, 0.15) is 5.25 Å². The van der Waals surface area contributed by atoms with Crippen LogP contribution < -0.4 is 0 Å². The van der Waals surface area contributed by atoms with E-state index in [0.29, 0.717) is 24.9 Å². The molecule has 1 aromatic rings. The molecule has 0 radical (unpaired) electrons. The van der Waals surface area contributed by atoms with Crippen molar-refractivity contribution in [1.29, 1.82) is 0 Å². The van der Waals surface area contributed by atoms with Gasteiger partial charge >= 0.3 is 0 Å². The fourth-order valence-electron chi connectivity index (χ4n) is 3.71. The molecule has 3 atom stereocenters. The van der Waals surface area contributed by atoms with Gasteiger partial charge in [-0.1, -0.05) is 58.9 Å². The SMILES string of the molecule is C[C@@H]1C[C@@H](C)CN(C(=O)[C@H](C)S(=O)(=O)Cc2ccc(C(C)(C)C)cc2)C1. The third-order valence-corrected chi connectivity index (χ3v) is 7.27. The molecule has 2 rings (SSSR count). The van der Waals surface area contributed by atoms with E-state index in [2.05, 4.69) is 34.6 Å². The lowest BCUT2D eigenvalue weighted by Crippen LogP contribution is -2.48. The number of piperidine rings is 1. The van der Waals surface area contributed by atoms with Gasteiger partial charge in [-0.2, -0.15) is 0 Å². The first-order valence-corrected chi connectivity index (χ1v) is 11.2. The first kappa shape index (κ1) is 20.9. The van der Waals surface area contributed by atoms with Crippen molar-refractivity contribution in [3.05, 3.63) is 35.4 Å². The fraction of sp³-hybridized carbons (Fsp3) is 0.667. The number of hydrogen-bond acceptors (Lipinski definition) is 3. The number of carbonyl (C=O) groups is 1. The summed E-state index contributed by atoms with van der Waals surface area (Å²) in [5, 5.41) is -0.998. The maximum absolute atomic E-state index is 12.8. The minimum Gasteiger partial charge on any atom is -0.341 e. The van der Waals surface area contributed by atoms with Gasteiger partial charge in [-0.3, -0.25) is 4.79 Å². The van der Waals surface area contributed by atoms with Crippen molar-refractivity contribution in [3.8, 4) is 0 Å². The van der Waals surface area contributed by atoms with E-state index in [0.717, 1.165) is 12.0 Å². The molecule has 26 heavy (non-hydrogen) atoms. The number of likely N-dealkylation sites (tertiary alicyclic amines) is 1. The predicted molar refractivity (Wildman–Crippen MR) is 107 cm³/mol. The zero-order valence-corrected chi connectivity index (χ0v) is 17.8. The van der Waals surface area contributed by atoms with E-state index in [1.165, 1.54) is 12.5 Å². The lowest BCUT2D eigenvalue weighted by atomic mass is 9.87. The standard InChI is InChI=1S/C21H33NO3S/c1-15-11-16(2)13-22(12-15)20(23)17(3)26(24,25)14-18-7-9-19(10-8-18)21(4,5)6/h7-10,15-17H,11-14H2,1-6H3/t15-,16-,17+/m1/s1. The molecule has 1 saturated heterocycles. The molecule has 0 saturated carbocycles. The maximum Gasteiger partial charge on any atom is 0.240 e. The van der Waals surface area contributed by atoms with E-state index in [1.807, 2.05) is 24.3 Å². The number of hydrogen-bond donors (Lipinski definition) is 0. The molecule has 0 aliphatic carbocycles. The summed E-state index contributed by atoms with van der Waals surface area (Å²) >= 11 is 0. The van der Waals surface area contributed by atoms with Gasteiger partial charge in [-0.05, 0) is 41.7 Å². The highest BCUT2D eigenvalue weighted by molar-refractivity contribution is 7.92. The molecular formula is C21H33NO3S. The number of amides is 1. The van der Waals surface area contributed by atoms with Gasteiger partial charge in [0.2, 0.25) is 5.91 Å². The van der Waals surface area contributed by atoms with Crippen molar-refractivity contribution in [3.63, 3.8) is 0 Å². The lowest BCUT2D eigenvalue weighted by molar-refractivity contribution is -0.133. The summed E-state index contributed by atoms with van der Waals surface area (Å²) in [6.45, 7) is 13.5. The maximum atomic E-state index is 12.8. The Hall–Kier alpha value is -1.36. The molecule has 1 heterocycles. The molecule has 4 nitrogen and oxygen atoms in total. The second-order valence-corrected chi connectivity index (χ2v) is 11.4. The monoisotopic (exact) mass is 379 g/mol. The molecule has 1 fully saturated rings. The Morgan fingerprint density at radius 3 is 2.08 bits per heavy atom. The van der Waals surface area contributed by atoms with E-state index >= 15 is 0 Å². The minimum absolute atomic E-state index is 0.0301. The van der Waals surface area contributed by atoms with Gasteiger partial charge in [0, 0.05) is 13.1 Å². The highest BCUT2D eigenvalue weighted by Gasteiger charge is 2.34. The number of rotatable bonds is 4. The molecule has 0 N–H and O–H groups in total. The van der Waals surface area contributed by atoms with Crippen LogP contribution in [-0.2, 0) is 25.8 Å². The molecule has 5 heteroatoms. The number of carbonyl (C=O) groups excluding carboxylic acids is 1. The van der Waals surface area contributed by atoms with Crippen molar-refractivity contribution in [2.24, 2.45) is 11.8 Å². The second-order valence-electron chi connectivity index (χ2n) is 9.09. The summed E-state index contributed by atoms with van der Waals surface area (Å²) in [5.41, 5.74) is 1.93. The van der Waals surface area contributed by atoms with E-state index in [1.54, 1.807) is 4.90 Å². The Balaban J connectivity index is 2.10. The zero-order valence-electron chi connectivity index (χ0n) is 17.0. The van der Waals surface area contributed by atoms with Crippen molar-refractivity contribution < 1.29 is 13.2 Å². The number of sulfone groups is 1. The Labute approximate surface area is 158 Å². The third-order valence-electron chi connectivity index (χ3n) is 5.25. The highest BCUT2D eigenvalue weighted by Crippen LogP contribution is 2.25. The summed E-state index contributed by atoms with van der Waals surface area (Å²) in [6, 6.07) is 7.68. The molecule has 0 spiro atoms. The smallest absolute Gasteiger partial charge is 0.240 e. The van der Waals surface area contributed by atoms with E-state index in [9.17, 15) is 13.2 Å². The van der Waals surface area contributed by atoms with Gasteiger partial charge < -0.3 is 4.90 Å². The first-order chi connectivity index (χ1) is 11.9. The van der Waals surface area contributed by atoms with Crippen LogP contribution in [0.3, 0.4) is 0 Å². The minimum atomic E-state index is -3.54. The van der Waals surface area contributed by atoms with Crippen LogP contribution in [-0.4, -0.2) is 37.6 Å². The lowest BCUT2D eigenvalue weighted by Gasteiger charge is -2.36. The van der Waals surface area contributed by atoms with Gasteiger partial charge in [-0.25, -0.2) is 8.42 Å². The van der Waals surface area contributed by atoms with Crippen molar-refractivity contribution in [2.75, 3.05) is 13.1 Å². The molecule has 1 amide bonds. The molecule has 1 aliphatic rings. The van der Waals surface area contributed by atoms with Crippen LogP contribution in [0.15, 0.2) is 24.3 Å². The molecule has 1 aliphatic heterocycles. The topological polar surface area (TPSA) is 54.5 Å². The average molecular weight is 380 g/mol. The fourth-order valence-corrected chi connectivity index (χ4v) is 5.08. The third kappa shape index (κ3) is 5.09. The van der Waals surface area contributed by atoms with Crippen molar-refractivity contribution >= 4 is 15.7 Å². The van der Waals surface area contributed by atoms with Crippen LogP contribution in [0, 0.1) is 11.8 Å². The van der Waals surface area contributed by atoms with Crippen LogP contribution in [0.2, 0.25) is 0 Å². The molecule has 146 valence electrons. The van der Waals surface area contributed by atoms with Crippen LogP contribution >= 0.6 is 0 Å². The Kier molecular flexibility index (Phi) is 6.21. The summed E-state index contributed by atoms with van der Waals surface area (Å²) in [6.07, 6.45) is 1.09. The van der Waals surface area contributed by atoms with E-state index in [-0.39, 0.29) is 17.1 Å². The Bertz CT molecular complexity index is 722. The summed E-state index contributed by atoms with van der Waals surface area (Å²) < 4.78 is 25.6. The first-order valence-electron chi connectivity index (χ1n) is 9.50. The summed E-state index contributed by atoms with van der Waals surface area (Å²) in [7, 11) is -3.54. The van der Waals surface area contributed by atoms with Crippen LogP contribution in [0.5, 0.6) is 0 Å². The molecule has 1 aromatic carbocycles. The Morgan fingerprint density at radius 2 is 1.62 bits per heavy atom. The van der Waals surface area contributed by atoms with Gasteiger partial charge in [0.25, 0.3) is 0 Å². The van der Waals surface area contributed by atoms with E-state index < -0.39 is 15.1 Å². The average Bonchev–Trinajstić information content (AvgIpc) is 2.51. The van der Waals surface area contributed by atoms with Crippen molar-refractivity contribution in [2.45, 2.75) is 64.4 Å².